The van der Waals surface area contributed by atoms with Crippen molar-refractivity contribution in [1.29, 1.82) is 0 Å². The molecule has 0 aromatic rings. The Morgan fingerprint density at radius 3 is 2.20 bits per heavy atom. The van der Waals surface area contributed by atoms with Crippen molar-refractivity contribution in [2.24, 2.45) is 0 Å². The highest BCUT2D eigenvalue weighted by Crippen LogP contribution is 2.21. The molecule has 2 unspecified atom stereocenters. The number of allylic oxidation sites excluding steroid dienone is 2. The van der Waals surface area contributed by atoms with Crippen LogP contribution < -0.4 is 0 Å². The smallest absolute Gasteiger partial charge is 0.102 e. The van der Waals surface area contributed by atoms with E-state index in [4.69, 9.17) is 4.74 Å². The summed E-state index contributed by atoms with van der Waals surface area (Å²) in [6.45, 7) is 7.73. The van der Waals surface area contributed by atoms with Crippen molar-refractivity contribution in [2.75, 3.05) is 0 Å². The van der Waals surface area contributed by atoms with E-state index in [1.807, 2.05) is 45.1 Å². The summed E-state index contributed by atoms with van der Waals surface area (Å²) in [6, 6.07) is 0. The van der Waals surface area contributed by atoms with E-state index in [0.717, 1.165) is 0 Å². The van der Waals surface area contributed by atoms with Gasteiger partial charge in [0.25, 0.3) is 0 Å². The average Bonchev–Trinajstić information content (AvgIpc) is 2.07. The van der Waals surface area contributed by atoms with Crippen LogP contribution >= 0.6 is 0 Å². The largest absolute Gasteiger partial charge is 0.382 e. The first kappa shape index (κ1) is 12.2. The van der Waals surface area contributed by atoms with Gasteiger partial charge in [0.15, 0.2) is 0 Å². The van der Waals surface area contributed by atoms with Crippen LogP contribution in [0.4, 0.5) is 0 Å². The first-order chi connectivity index (χ1) is 6.83. The third kappa shape index (κ3) is 4.02. The van der Waals surface area contributed by atoms with Crippen molar-refractivity contribution in [3.05, 3.63) is 36.5 Å². The van der Waals surface area contributed by atoms with Gasteiger partial charge in [0.1, 0.15) is 5.60 Å². The summed E-state index contributed by atoms with van der Waals surface area (Å²) in [5.41, 5.74) is -1.34. The maximum absolute atomic E-state index is 9.88. The fraction of sp³-hybridized carbons (Fsp3) is 0.538. The molecule has 0 aliphatic heterocycles. The topological polar surface area (TPSA) is 29.5 Å². The molecule has 84 valence electrons. The highest BCUT2D eigenvalue weighted by atomic mass is 16.5. The quantitative estimate of drug-likeness (QED) is 0.707. The zero-order valence-electron chi connectivity index (χ0n) is 9.90. The minimum atomic E-state index is -0.896. The summed E-state index contributed by atoms with van der Waals surface area (Å²) in [5.74, 6) is 0. The molecule has 0 radical (unpaired) electrons. The summed E-state index contributed by atoms with van der Waals surface area (Å²) in [7, 11) is 0. The monoisotopic (exact) mass is 208 g/mol. The Morgan fingerprint density at radius 2 is 1.60 bits per heavy atom. The van der Waals surface area contributed by atoms with Crippen LogP contribution in [0, 0.1) is 0 Å². The number of ether oxygens (including phenoxy) is 1. The molecule has 0 saturated heterocycles. The van der Waals surface area contributed by atoms with Crippen LogP contribution in [0.2, 0.25) is 0 Å². The first-order valence-corrected chi connectivity index (χ1v) is 5.31. The molecule has 2 nitrogen and oxygen atoms in total. The van der Waals surface area contributed by atoms with E-state index in [9.17, 15) is 5.11 Å². The standard InChI is InChI=1S/C13H20O2/c1-11(2)15-13(4)8-6-5-7-12(3,14)9-10-13/h5-11,14H,1-4H3/b7-5-,8-6-,10-9-. The number of hydrogen-bond acceptors (Lipinski definition) is 2. The SMILES string of the molecule is CC(C)OC1(C)/C=C\C=C/C(C)(O)/C=C\1. The van der Waals surface area contributed by atoms with Gasteiger partial charge >= 0.3 is 0 Å². The zero-order valence-corrected chi connectivity index (χ0v) is 9.90. The van der Waals surface area contributed by atoms with E-state index in [1.165, 1.54) is 0 Å². The van der Waals surface area contributed by atoms with Crippen molar-refractivity contribution in [2.45, 2.75) is 45.0 Å². The molecule has 2 atom stereocenters. The van der Waals surface area contributed by atoms with Crippen molar-refractivity contribution in [3.63, 3.8) is 0 Å². The Morgan fingerprint density at radius 1 is 1.00 bits per heavy atom. The van der Waals surface area contributed by atoms with Crippen LogP contribution in [0.1, 0.15) is 27.7 Å². The molecule has 0 heterocycles. The molecule has 0 bridgehead atoms. The molecule has 1 aliphatic rings. The highest BCUT2D eigenvalue weighted by molar-refractivity contribution is 5.26. The maximum Gasteiger partial charge on any atom is 0.102 e. The molecule has 0 saturated carbocycles. The van der Waals surface area contributed by atoms with Gasteiger partial charge in [-0.3, -0.25) is 0 Å². The number of aliphatic hydroxyl groups is 1. The highest BCUT2D eigenvalue weighted by Gasteiger charge is 2.22. The van der Waals surface area contributed by atoms with Crippen molar-refractivity contribution in [1.82, 2.24) is 0 Å². The van der Waals surface area contributed by atoms with Crippen molar-refractivity contribution < 1.29 is 9.84 Å². The van der Waals surface area contributed by atoms with Gasteiger partial charge in [-0.25, -0.2) is 0 Å². The van der Waals surface area contributed by atoms with E-state index in [-0.39, 0.29) is 6.10 Å². The normalized spacial score (nSPS) is 42.0. The Kier molecular flexibility index (Phi) is 3.53. The number of rotatable bonds is 2. The third-order valence-electron chi connectivity index (χ3n) is 2.21. The van der Waals surface area contributed by atoms with E-state index < -0.39 is 11.2 Å². The van der Waals surface area contributed by atoms with Crippen LogP contribution in [0.15, 0.2) is 36.5 Å². The Hall–Kier alpha value is -0.860. The van der Waals surface area contributed by atoms with Crippen LogP contribution in [0.3, 0.4) is 0 Å². The average molecular weight is 208 g/mol. The molecular weight excluding hydrogens is 188 g/mol. The molecule has 1 aliphatic carbocycles. The Labute approximate surface area is 92.0 Å². The van der Waals surface area contributed by atoms with Gasteiger partial charge in [0.05, 0.1) is 11.7 Å². The second-order valence-electron chi connectivity index (χ2n) is 4.63. The van der Waals surface area contributed by atoms with E-state index in [0.29, 0.717) is 0 Å². The molecule has 0 aromatic carbocycles. The fourth-order valence-corrected chi connectivity index (χ4v) is 1.53. The predicted octanol–water partition coefficient (Wildman–Crippen LogP) is 2.60. The molecular formula is C13H20O2. The second kappa shape index (κ2) is 4.33. The van der Waals surface area contributed by atoms with Gasteiger partial charge in [-0.05, 0) is 39.8 Å². The third-order valence-corrected chi connectivity index (χ3v) is 2.21. The zero-order chi connectivity index (χ0) is 11.5. The van der Waals surface area contributed by atoms with E-state index in [1.54, 1.807) is 19.1 Å². The van der Waals surface area contributed by atoms with Crippen molar-refractivity contribution in [3.8, 4) is 0 Å². The fourth-order valence-electron chi connectivity index (χ4n) is 1.53. The lowest BCUT2D eigenvalue weighted by molar-refractivity contribution is -0.00486. The minimum absolute atomic E-state index is 0.151. The molecule has 0 aromatic heterocycles. The van der Waals surface area contributed by atoms with Gasteiger partial charge < -0.3 is 9.84 Å². The lowest BCUT2D eigenvalue weighted by Crippen LogP contribution is -2.29. The van der Waals surface area contributed by atoms with Gasteiger partial charge in [0, 0.05) is 0 Å². The molecule has 15 heavy (non-hydrogen) atoms. The van der Waals surface area contributed by atoms with Gasteiger partial charge in [-0.15, -0.1) is 0 Å². The predicted molar refractivity (Wildman–Crippen MR) is 62.7 cm³/mol. The summed E-state index contributed by atoms with van der Waals surface area (Å²) < 4.78 is 5.79. The van der Waals surface area contributed by atoms with Gasteiger partial charge in [-0.2, -0.15) is 0 Å². The lowest BCUT2D eigenvalue weighted by Gasteiger charge is -2.28. The summed E-state index contributed by atoms with van der Waals surface area (Å²) in [5, 5.41) is 9.88. The lowest BCUT2D eigenvalue weighted by atomic mass is 9.96. The van der Waals surface area contributed by atoms with Crippen molar-refractivity contribution >= 4 is 0 Å². The molecule has 0 spiro atoms. The summed E-state index contributed by atoms with van der Waals surface area (Å²) in [6.07, 6.45) is 11.3. The van der Waals surface area contributed by atoms with Crippen LogP contribution in [-0.4, -0.2) is 22.4 Å². The van der Waals surface area contributed by atoms with E-state index >= 15 is 0 Å². The minimum Gasteiger partial charge on any atom is -0.382 e. The molecule has 1 N–H and O–H groups in total. The number of hydrogen-bond donors (Lipinski definition) is 1. The first-order valence-electron chi connectivity index (χ1n) is 5.31. The van der Waals surface area contributed by atoms with E-state index in [2.05, 4.69) is 0 Å². The Bertz CT molecular complexity index is 298. The molecule has 0 amide bonds. The van der Waals surface area contributed by atoms with Crippen LogP contribution in [-0.2, 0) is 4.74 Å². The Balaban J connectivity index is 2.92. The summed E-state index contributed by atoms with van der Waals surface area (Å²) >= 11 is 0. The summed E-state index contributed by atoms with van der Waals surface area (Å²) in [4.78, 5) is 0. The second-order valence-corrected chi connectivity index (χ2v) is 4.63. The van der Waals surface area contributed by atoms with Crippen LogP contribution in [0.25, 0.3) is 0 Å². The maximum atomic E-state index is 9.88. The van der Waals surface area contributed by atoms with Gasteiger partial charge in [-0.1, -0.05) is 24.3 Å². The molecule has 2 heteroatoms. The van der Waals surface area contributed by atoms with Crippen LogP contribution in [0.5, 0.6) is 0 Å². The van der Waals surface area contributed by atoms with Gasteiger partial charge in [0.2, 0.25) is 0 Å². The molecule has 0 fully saturated rings. The molecule has 1 rings (SSSR count).